The van der Waals surface area contributed by atoms with Crippen LogP contribution in [0.1, 0.15) is 37.8 Å². The molecule has 2 aliphatic rings. The van der Waals surface area contributed by atoms with E-state index in [0.29, 0.717) is 5.92 Å². The highest BCUT2D eigenvalue weighted by molar-refractivity contribution is 5.80. The Morgan fingerprint density at radius 2 is 2.00 bits per heavy atom. The standard InChI is InChI=1S/C17H24N2O/c1-17(2,12-18-16(20)14-7-8-14)19-10-9-13-5-3-4-6-15(13)11-19/h3-6,14H,7-12H2,1-2H3,(H,18,20). The number of nitrogens with one attached hydrogen (secondary N) is 1. The van der Waals surface area contributed by atoms with Gasteiger partial charge in [-0.2, -0.15) is 0 Å². The zero-order valence-corrected chi connectivity index (χ0v) is 12.5. The molecule has 0 spiro atoms. The Balaban J connectivity index is 1.61. The number of fused-ring (bicyclic) bond motifs is 1. The van der Waals surface area contributed by atoms with Crippen LogP contribution >= 0.6 is 0 Å². The van der Waals surface area contributed by atoms with Gasteiger partial charge in [0, 0.05) is 31.1 Å². The molecule has 3 heteroatoms. The molecular weight excluding hydrogens is 248 g/mol. The van der Waals surface area contributed by atoms with Crippen molar-refractivity contribution < 1.29 is 4.79 Å². The number of hydrogen-bond donors (Lipinski definition) is 1. The second-order valence-corrected chi connectivity index (χ2v) is 6.74. The molecule has 1 aliphatic carbocycles. The van der Waals surface area contributed by atoms with Crippen LogP contribution in [0.4, 0.5) is 0 Å². The van der Waals surface area contributed by atoms with Crippen LogP contribution in [0, 0.1) is 5.92 Å². The fourth-order valence-corrected chi connectivity index (χ4v) is 2.92. The molecule has 0 bridgehead atoms. The Kier molecular flexibility index (Phi) is 3.55. The van der Waals surface area contributed by atoms with Crippen molar-refractivity contribution in [3.63, 3.8) is 0 Å². The number of nitrogens with zero attached hydrogens (tertiary/aromatic N) is 1. The molecule has 1 amide bonds. The minimum atomic E-state index is 0.0120. The highest BCUT2D eigenvalue weighted by Crippen LogP contribution is 2.29. The lowest BCUT2D eigenvalue weighted by atomic mass is 9.94. The van der Waals surface area contributed by atoms with Gasteiger partial charge in [-0.3, -0.25) is 9.69 Å². The quantitative estimate of drug-likeness (QED) is 0.912. The lowest BCUT2D eigenvalue weighted by Gasteiger charge is -2.41. The second-order valence-electron chi connectivity index (χ2n) is 6.74. The zero-order chi connectivity index (χ0) is 14.2. The maximum atomic E-state index is 11.8. The monoisotopic (exact) mass is 272 g/mol. The highest BCUT2D eigenvalue weighted by atomic mass is 16.2. The third kappa shape index (κ3) is 2.88. The second kappa shape index (κ2) is 5.21. The summed E-state index contributed by atoms with van der Waals surface area (Å²) in [7, 11) is 0. The molecule has 1 aromatic rings. The van der Waals surface area contributed by atoms with Crippen LogP contribution < -0.4 is 5.32 Å². The van der Waals surface area contributed by atoms with Gasteiger partial charge >= 0.3 is 0 Å². The fraction of sp³-hybridized carbons (Fsp3) is 0.588. The first-order chi connectivity index (χ1) is 9.56. The van der Waals surface area contributed by atoms with Crippen molar-refractivity contribution in [3.05, 3.63) is 35.4 Å². The van der Waals surface area contributed by atoms with Crippen LogP contribution in [0.3, 0.4) is 0 Å². The van der Waals surface area contributed by atoms with Crippen LogP contribution in [0.25, 0.3) is 0 Å². The maximum absolute atomic E-state index is 11.8. The van der Waals surface area contributed by atoms with E-state index in [0.717, 1.165) is 38.9 Å². The highest BCUT2D eigenvalue weighted by Gasteiger charge is 2.33. The van der Waals surface area contributed by atoms with E-state index < -0.39 is 0 Å². The number of carbonyl (C=O) groups excluding carboxylic acids is 1. The van der Waals surface area contributed by atoms with E-state index in [-0.39, 0.29) is 11.4 Å². The molecule has 20 heavy (non-hydrogen) atoms. The predicted octanol–water partition coefficient (Wildman–Crippen LogP) is 2.35. The van der Waals surface area contributed by atoms with E-state index in [1.54, 1.807) is 0 Å². The Morgan fingerprint density at radius 1 is 1.30 bits per heavy atom. The minimum absolute atomic E-state index is 0.0120. The topological polar surface area (TPSA) is 32.3 Å². The van der Waals surface area contributed by atoms with E-state index in [1.165, 1.54) is 11.1 Å². The zero-order valence-electron chi connectivity index (χ0n) is 12.5. The summed E-state index contributed by atoms with van der Waals surface area (Å²) in [5.41, 5.74) is 2.92. The van der Waals surface area contributed by atoms with Gasteiger partial charge in [0.15, 0.2) is 0 Å². The van der Waals surface area contributed by atoms with Crippen LogP contribution in [0.5, 0.6) is 0 Å². The molecule has 3 rings (SSSR count). The first-order valence-electron chi connectivity index (χ1n) is 7.66. The summed E-state index contributed by atoms with van der Waals surface area (Å²) in [4.78, 5) is 14.3. The number of rotatable bonds is 4. The predicted molar refractivity (Wildman–Crippen MR) is 80.4 cm³/mol. The van der Waals surface area contributed by atoms with Gasteiger partial charge in [0.05, 0.1) is 0 Å². The number of hydrogen-bond acceptors (Lipinski definition) is 2. The summed E-state index contributed by atoms with van der Waals surface area (Å²) in [6, 6.07) is 8.69. The van der Waals surface area contributed by atoms with E-state index in [2.05, 4.69) is 48.3 Å². The summed E-state index contributed by atoms with van der Waals surface area (Å²) >= 11 is 0. The third-order valence-electron chi connectivity index (χ3n) is 4.63. The summed E-state index contributed by atoms with van der Waals surface area (Å²) in [5, 5.41) is 3.13. The number of carbonyl (C=O) groups is 1. The molecule has 108 valence electrons. The Morgan fingerprint density at radius 3 is 2.70 bits per heavy atom. The molecule has 3 nitrogen and oxygen atoms in total. The molecule has 1 aromatic carbocycles. The number of benzene rings is 1. The normalized spacial score (nSPS) is 19.5. The fourth-order valence-electron chi connectivity index (χ4n) is 2.92. The lowest BCUT2D eigenvalue weighted by Crippen LogP contribution is -2.53. The van der Waals surface area contributed by atoms with Crippen molar-refractivity contribution >= 4 is 5.91 Å². The average molecular weight is 272 g/mol. The molecule has 0 unspecified atom stereocenters. The largest absolute Gasteiger partial charge is 0.354 e. The summed E-state index contributed by atoms with van der Waals surface area (Å²) in [5.74, 6) is 0.545. The van der Waals surface area contributed by atoms with Crippen LogP contribution in [-0.2, 0) is 17.8 Å². The molecule has 1 fully saturated rings. The third-order valence-corrected chi connectivity index (χ3v) is 4.63. The van der Waals surface area contributed by atoms with Crippen molar-refractivity contribution in [2.45, 2.75) is 45.2 Å². The van der Waals surface area contributed by atoms with Crippen molar-refractivity contribution in [2.75, 3.05) is 13.1 Å². The molecule has 1 heterocycles. The first kappa shape index (κ1) is 13.6. The van der Waals surface area contributed by atoms with E-state index in [4.69, 9.17) is 0 Å². The summed E-state index contributed by atoms with van der Waals surface area (Å²) in [6.07, 6.45) is 3.25. The van der Waals surface area contributed by atoms with Gasteiger partial charge < -0.3 is 5.32 Å². The molecule has 1 N–H and O–H groups in total. The molecule has 0 saturated heterocycles. The van der Waals surface area contributed by atoms with E-state index >= 15 is 0 Å². The summed E-state index contributed by atoms with van der Waals surface area (Å²) in [6.45, 7) is 7.26. The molecular formula is C17H24N2O. The van der Waals surface area contributed by atoms with Gasteiger partial charge in [-0.1, -0.05) is 24.3 Å². The van der Waals surface area contributed by atoms with Crippen molar-refractivity contribution in [1.82, 2.24) is 10.2 Å². The minimum Gasteiger partial charge on any atom is -0.354 e. The van der Waals surface area contributed by atoms with Crippen LogP contribution in [0.15, 0.2) is 24.3 Å². The van der Waals surface area contributed by atoms with Gasteiger partial charge in [-0.15, -0.1) is 0 Å². The Bertz CT molecular complexity index is 505. The number of amides is 1. The van der Waals surface area contributed by atoms with Crippen molar-refractivity contribution in [1.29, 1.82) is 0 Å². The molecule has 0 radical (unpaired) electrons. The van der Waals surface area contributed by atoms with Gasteiger partial charge in [0.2, 0.25) is 5.91 Å². The van der Waals surface area contributed by atoms with Gasteiger partial charge in [-0.05, 0) is 44.2 Å². The van der Waals surface area contributed by atoms with E-state index in [1.807, 2.05) is 0 Å². The summed E-state index contributed by atoms with van der Waals surface area (Å²) < 4.78 is 0. The van der Waals surface area contributed by atoms with E-state index in [9.17, 15) is 4.79 Å². The molecule has 1 aliphatic heterocycles. The van der Waals surface area contributed by atoms with Gasteiger partial charge in [0.25, 0.3) is 0 Å². The molecule has 0 atom stereocenters. The average Bonchev–Trinajstić information content (AvgIpc) is 3.29. The van der Waals surface area contributed by atoms with Crippen LogP contribution in [0.2, 0.25) is 0 Å². The Labute approximate surface area is 121 Å². The van der Waals surface area contributed by atoms with Gasteiger partial charge in [0.1, 0.15) is 0 Å². The van der Waals surface area contributed by atoms with Crippen molar-refractivity contribution in [2.24, 2.45) is 5.92 Å². The Hall–Kier alpha value is -1.35. The smallest absolute Gasteiger partial charge is 0.223 e. The van der Waals surface area contributed by atoms with Crippen molar-refractivity contribution in [3.8, 4) is 0 Å². The maximum Gasteiger partial charge on any atom is 0.223 e. The molecule has 1 saturated carbocycles. The lowest BCUT2D eigenvalue weighted by molar-refractivity contribution is -0.122. The molecule has 0 aromatic heterocycles. The van der Waals surface area contributed by atoms with Gasteiger partial charge in [-0.25, -0.2) is 0 Å². The SMILES string of the molecule is CC(C)(CNC(=O)C1CC1)N1CCc2ccccc2C1. The first-order valence-corrected chi connectivity index (χ1v) is 7.66. The van der Waals surface area contributed by atoms with Crippen LogP contribution in [-0.4, -0.2) is 29.4 Å².